The van der Waals surface area contributed by atoms with E-state index in [1.165, 1.54) is 12.8 Å². The highest BCUT2D eigenvalue weighted by molar-refractivity contribution is 5.89. The number of benzene rings is 2. The van der Waals surface area contributed by atoms with Crippen LogP contribution in [0.1, 0.15) is 55.6 Å². The van der Waals surface area contributed by atoms with E-state index in [-0.39, 0.29) is 24.2 Å². The Hall–Kier alpha value is -3.52. The predicted octanol–water partition coefficient (Wildman–Crippen LogP) is 4.49. The molecule has 5 N–H and O–H groups in total. The van der Waals surface area contributed by atoms with E-state index >= 15 is 0 Å². The van der Waals surface area contributed by atoms with Crippen LogP contribution in [0, 0.1) is 5.92 Å². The molecule has 2 atom stereocenters. The maximum Gasteiger partial charge on any atom is 0.319 e. The van der Waals surface area contributed by atoms with Gasteiger partial charge in [-0.05, 0) is 61.9 Å². The van der Waals surface area contributed by atoms with E-state index in [2.05, 4.69) is 49.8 Å². The number of hydrogen-bond acceptors (Lipinski definition) is 5. The molecule has 0 bridgehead atoms. The molecule has 0 radical (unpaired) electrons. The number of imidazole rings is 1. The Labute approximate surface area is 199 Å². The third kappa shape index (κ3) is 4.87. The lowest BCUT2D eigenvalue weighted by atomic mass is 9.97. The zero-order valence-electron chi connectivity index (χ0n) is 19.6. The first-order chi connectivity index (χ1) is 16.5. The van der Waals surface area contributed by atoms with E-state index in [1.54, 1.807) is 12.5 Å². The molecule has 0 spiro atoms. The number of anilines is 2. The average molecular weight is 461 g/mol. The van der Waals surface area contributed by atoms with Crippen LogP contribution in [-0.2, 0) is 6.61 Å². The maximum atomic E-state index is 12.0. The summed E-state index contributed by atoms with van der Waals surface area (Å²) in [7, 11) is 0. The number of fused-ring (bicyclic) bond motifs is 1. The summed E-state index contributed by atoms with van der Waals surface area (Å²) in [5, 5.41) is 5.73. The van der Waals surface area contributed by atoms with Gasteiger partial charge < -0.3 is 31.0 Å². The summed E-state index contributed by atoms with van der Waals surface area (Å²) in [5.74, 6) is 1.52. The molecule has 5 rings (SSSR count). The topological polar surface area (TPSA) is 108 Å². The quantitative estimate of drug-likeness (QED) is 0.396. The number of aromatic amines is 1. The zero-order valence-corrected chi connectivity index (χ0v) is 19.6. The largest absolute Gasteiger partial charge is 0.487 e. The van der Waals surface area contributed by atoms with Gasteiger partial charge in [-0.3, -0.25) is 0 Å². The molecule has 34 heavy (non-hydrogen) atoms. The molecule has 1 aliphatic carbocycles. The first-order valence-electron chi connectivity index (χ1n) is 11.9. The highest BCUT2D eigenvalue weighted by Crippen LogP contribution is 2.49. The fourth-order valence-corrected chi connectivity index (χ4v) is 4.55. The third-order valence-electron chi connectivity index (χ3n) is 6.38. The number of rotatable bonds is 8. The van der Waals surface area contributed by atoms with E-state index in [4.69, 9.17) is 10.5 Å². The Kier molecular flexibility index (Phi) is 6.15. The normalized spacial score (nSPS) is 19.2. The number of carbonyl (C=O) groups is 1. The Bertz CT molecular complexity index is 1120. The van der Waals surface area contributed by atoms with Crippen LogP contribution in [0.3, 0.4) is 0 Å². The van der Waals surface area contributed by atoms with Gasteiger partial charge in [-0.15, -0.1) is 0 Å². The van der Waals surface area contributed by atoms with Gasteiger partial charge >= 0.3 is 6.03 Å². The minimum atomic E-state index is -0.203. The van der Waals surface area contributed by atoms with Gasteiger partial charge in [0.2, 0.25) is 0 Å². The second-order valence-electron chi connectivity index (χ2n) is 9.53. The molecule has 1 saturated carbocycles. The lowest BCUT2D eigenvalue weighted by Crippen LogP contribution is -2.34. The van der Waals surface area contributed by atoms with Crippen LogP contribution >= 0.6 is 0 Å². The highest BCUT2D eigenvalue weighted by Gasteiger charge is 2.40. The van der Waals surface area contributed by atoms with E-state index in [1.807, 2.05) is 32.0 Å². The fraction of sp³-hybridized carbons (Fsp3) is 0.385. The molecular formula is C26H32N6O2. The molecule has 0 saturated heterocycles. The molecule has 1 fully saturated rings. The third-order valence-corrected chi connectivity index (χ3v) is 6.38. The predicted molar refractivity (Wildman–Crippen MR) is 133 cm³/mol. The van der Waals surface area contributed by atoms with Crippen molar-refractivity contribution in [3.8, 4) is 5.75 Å². The second-order valence-corrected chi connectivity index (χ2v) is 9.53. The number of aromatic nitrogens is 2. The van der Waals surface area contributed by atoms with Gasteiger partial charge in [-0.2, -0.15) is 0 Å². The average Bonchev–Trinajstić information content (AvgIpc) is 3.39. The standard InChI is InChI=1S/C26H32N6O2/c1-16(2)30-26(33)31-19-7-5-18(6-8-19)25-24(27)22-10-9-21(34-14-20-12-28-15-29-20)11-23(22)32(25)13-17-3-4-17/h5-12,15-17,24-25H,3-4,13-14,27H2,1-2H3,(H,28,29)(H2,30,31,33). The van der Waals surface area contributed by atoms with Crippen LogP contribution in [0.25, 0.3) is 0 Å². The summed E-state index contributed by atoms with van der Waals surface area (Å²) in [4.78, 5) is 21.6. The Morgan fingerprint density at radius 3 is 2.71 bits per heavy atom. The Morgan fingerprint density at radius 1 is 1.24 bits per heavy atom. The number of nitrogens with zero attached hydrogens (tertiary/aromatic N) is 2. The first-order valence-corrected chi connectivity index (χ1v) is 11.9. The molecule has 2 amide bonds. The summed E-state index contributed by atoms with van der Waals surface area (Å²) < 4.78 is 6.02. The minimum absolute atomic E-state index is 0.0389. The van der Waals surface area contributed by atoms with Gasteiger partial charge in [0.15, 0.2) is 0 Å². The molecule has 8 heteroatoms. The lowest BCUT2D eigenvalue weighted by molar-refractivity contribution is 0.250. The van der Waals surface area contributed by atoms with E-state index in [9.17, 15) is 4.79 Å². The van der Waals surface area contributed by atoms with Crippen LogP contribution in [0.4, 0.5) is 16.2 Å². The molecule has 2 aromatic carbocycles. The number of carbonyl (C=O) groups excluding carboxylic acids is 1. The van der Waals surface area contributed by atoms with Crippen molar-refractivity contribution in [2.45, 2.75) is 51.4 Å². The number of amides is 2. The van der Waals surface area contributed by atoms with Crippen LogP contribution in [-0.4, -0.2) is 28.6 Å². The number of hydrogen-bond donors (Lipinski definition) is 4. The van der Waals surface area contributed by atoms with Crippen molar-refractivity contribution >= 4 is 17.4 Å². The number of ether oxygens (including phenoxy) is 1. The van der Waals surface area contributed by atoms with Crippen molar-refractivity contribution < 1.29 is 9.53 Å². The van der Waals surface area contributed by atoms with Gasteiger partial charge in [-0.25, -0.2) is 9.78 Å². The summed E-state index contributed by atoms with van der Waals surface area (Å²) >= 11 is 0. The van der Waals surface area contributed by atoms with Crippen molar-refractivity contribution in [2.24, 2.45) is 11.7 Å². The van der Waals surface area contributed by atoms with Crippen LogP contribution in [0.2, 0.25) is 0 Å². The second kappa shape index (κ2) is 9.38. The molecule has 2 aliphatic rings. The number of H-pyrrole nitrogens is 1. The van der Waals surface area contributed by atoms with Gasteiger partial charge in [0.1, 0.15) is 12.4 Å². The van der Waals surface area contributed by atoms with Crippen LogP contribution in [0.15, 0.2) is 55.0 Å². The molecular weight excluding hydrogens is 428 g/mol. The number of urea groups is 1. The van der Waals surface area contributed by atoms with Crippen LogP contribution < -0.4 is 26.0 Å². The molecule has 8 nitrogen and oxygen atoms in total. The van der Waals surface area contributed by atoms with E-state index in [0.717, 1.165) is 40.5 Å². The van der Waals surface area contributed by atoms with Crippen molar-refractivity contribution in [2.75, 3.05) is 16.8 Å². The van der Waals surface area contributed by atoms with Crippen LogP contribution in [0.5, 0.6) is 5.75 Å². The molecule has 2 heterocycles. The van der Waals surface area contributed by atoms with E-state index < -0.39 is 0 Å². The fourth-order valence-electron chi connectivity index (χ4n) is 4.55. The summed E-state index contributed by atoms with van der Waals surface area (Å²) in [6.07, 6.45) is 5.94. The molecule has 178 valence electrons. The summed E-state index contributed by atoms with van der Waals surface area (Å²) in [5.41, 5.74) is 11.9. The van der Waals surface area contributed by atoms with Gasteiger partial charge in [-0.1, -0.05) is 18.2 Å². The number of nitrogens with two attached hydrogens (primary N) is 1. The van der Waals surface area contributed by atoms with Crippen molar-refractivity contribution in [1.29, 1.82) is 0 Å². The maximum absolute atomic E-state index is 12.0. The first kappa shape index (κ1) is 22.3. The van der Waals surface area contributed by atoms with E-state index in [0.29, 0.717) is 12.5 Å². The minimum Gasteiger partial charge on any atom is -0.487 e. The Balaban J connectivity index is 1.36. The molecule has 3 aromatic rings. The van der Waals surface area contributed by atoms with Crippen molar-refractivity contribution in [1.82, 2.24) is 15.3 Å². The van der Waals surface area contributed by atoms with Gasteiger partial charge in [0.25, 0.3) is 0 Å². The summed E-state index contributed by atoms with van der Waals surface area (Å²) in [6, 6.07) is 14.0. The summed E-state index contributed by atoms with van der Waals surface area (Å²) in [6.45, 7) is 5.29. The van der Waals surface area contributed by atoms with Gasteiger partial charge in [0, 0.05) is 30.0 Å². The van der Waals surface area contributed by atoms with Crippen molar-refractivity contribution in [3.63, 3.8) is 0 Å². The molecule has 1 aliphatic heterocycles. The SMILES string of the molecule is CC(C)NC(=O)Nc1ccc(C2C(N)c3ccc(OCc4cnc[nH]4)cc3N2CC2CC2)cc1. The molecule has 1 aromatic heterocycles. The number of nitrogens with one attached hydrogen (secondary N) is 3. The smallest absolute Gasteiger partial charge is 0.319 e. The Morgan fingerprint density at radius 2 is 2.03 bits per heavy atom. The monoisotopic (exact) mass is 460 g/mol. The molecule has 2 unspecified atom stereocenters. The zero-order chi connectivity index (χ0) is 23.7. The van der Waals surface area contributed by atoms with Crippen molar-refractivity contribution in [3.05, 3.63) is 71.8 Å². The van der Waals surface area contributed by atoms with Gasteiger partial charge in [0.05, 0.1) is 30.3 Å². The highest BCUT2D eigenvalue weighted by atomic mass is 16.5. The lowest BCUT2D eigenvalue weighted by Gasteiger charge is -2.30.